The maximum absolute atomic E-state index is 4.23. The number of aliphatic imine (C=N–C) groups is 1. The first kappa shape index (κ1) is 17.8. The Morgan fingerprint density at radius 3 is 2.57 bits per heavy atom. The Labute approximate surface area is 141 Å². The van der Waals surface area contributed by atoms with Crippen LogP contribution in [0, 0.1) is 5.92 Å². The third-order valence-electron chi connectivity index (χ3n) is 4.28. The van der Waals surface area contributed by atoms with Crippen LogP contribution in [-0.2, 0) is 13.1 Å². The molecular formula is C19H32N4. The Morgan fingerprint density at radius 1 is 1.26 bits per heavy atom. The lowest BCUT2D eigenvalue weighted by Gasteiger charge is -2.30. The van der Waals surface area contributed by atoms with Crippen molar-refractivity contribution in [3.63, 3.8) is 0 Å². The molecule has 0 amide bonds. The van der Waals surface area contributed by atoms with E-state index in [2.05, 4.69) is 65.6 Å². The van der Waals surface area contributed by atoms with Gasteiger partial charge in [-0.2, -0.15) is 0 Å². The van der Waals surface area contributed by atoms with Gasteiger partial charge >= 0.3 is 0 Å². The van der Waals surface area contributed by atoms with E-state index < -0.39 is 0 Å². The van der Waals surface area contributed by atoms with Crippen LogP contribution in [0.5, 0.6) is 0 Å². The summed E-state index contributed by atoms with van der Waals surface area (Å²) in [4.78, 5) is 6.81. The van der Waals surface area contributed by atoms with Gasteiger partial charge in [0, 0.05) is 32.7 Å². The first-order valence-electron chi connectivity index (χ1n) is 8.84. The van der Waals surface area contributed by atoms with E-state index in [0.29, 0.717) is 6.04 Å². The third-order valence-corrected chi connectivity index (χ3v) is 4.28. The largest absolute Gasteiger partial charge is 0.354 e. The van der Waals surface area contributed by atoms with Crippen LogP contribution < -0.4 is 10.6 Å². The van der Waals surface area contributed by atoms with Crippen molar-refractivity contribution in [1.29, 1.82) is 0 Å². The monoisotopic (exact) mass is 316 g/mol. The smallest absolute Gasteiger partial charge is 0.191 e. The summed E-state index contributed by atoms with van der Waals surface area (Å²) in [7, 11) is 1.81. The Balaban J connectivity index is 1.82. The lowest BCUT2D eigenvalue weighted by molar-refractivity contribution is 0.176. The van der Waals surface area contributed by atoms with Crippen LogP contribution in [0.4, 0.5) is 0 Å². The second-order valence-electron chi connectivity index (χ2n) is 7.02. The van der Waals surface area contributed by atoms with Crippen LogP contribution in [-0.4, -0.2) is 37.0 Å². The summed E-state index contributed by atoms with van der Waals surface area (Å²) < 4.78 is 0. The molecule has 4 heteroatoms. The highest BCUT2D eigenvalue weighted by Gasteiger charge is 2.16. The Hall–Kier alpha value is -1.55. The van der Waals surface area contributed by atoms with E-state index in [4.69, 9.17) is 0 Å². The lowest BCUT2D eigenvalue weighted by Crippen LogP contribution is -2.40. The Morgan fingerprint density at radius 2 is 1.96 bits per heavy atom. The van der Waals surface area contributed by atoms with E-state index in [9.17, 15) is 0 Å². The van der Waals surface area contributed by atoms with Crippen molar-refractivity contribution in [2.24, 2.45) is 10.9 Å². The van der Waals surface area contributed by atoms with Gasteiger partial charge in [-0.15, -0.1) is 0 Å². The van der Waals surface area contributed by atoms with Crippen LogP contribution in [0.2, 0.25) is 0 Å². The minimum absolute atomic E-state index is 0.385. The Kier molecular flexibility index (Phi) is 6.90. The van der Waals surface area contributed by atoms with Gasteiger partial charge in [-0.3, -0.25) is 9.89 Å². The van der Waals surface area contributed by atoms with Crippen molar-refractivity contribution in [3.05, 3.63) is 35.4 Å². The molecule has 0 bridgehead atoms. The summed E-state index contributed by atoms with van der Waals surface area (Å²) in [6.45, 7) is 10.9. The number of piperidine rings is 1. The molecule has 2 rings (SSSR count). The van der Waals surface area contributed by atoms with Gasteiger partial charge in [-0.25, -0.2) is 0 Å². The third kappa shape index (κ3) is 6.22. The van der Waals surface area contributed by atoms with Crippen LogP contribution >= 0.6 is 0 Å². The van der Waals surface area contributed by atoms with Gasteiger partial charge in [0.05, 0.1) is 0 Å². The van der Waals surface area contributed by atoms with Crippen molar-refractivity contribution in [1.82, 2.24) is 15.5 Å². The fourth-order valence-corrected chi connectivity index (χ4v) is 3.10. The molecule has 0 saturated carbocycles. The first-order valence-corrected chi connectivity index (χ1v) is 8.84. The molecule has 128 valence electrons. The molecule has 0 aliphatic carbocycles. The van der Waals surface area contributed by atoms with Crippen molar-refractivity contribution in [2.75, 3.05) is 20.1 Å². The molecule has 1 unspecified atom stereocenters. The number of likely N-dealkylation sites (tertiary alicyclic amines) is 1. The van der Waals surface area contributed by atoms with Gasteiger partial charge in [-0.1, -0.05) is 31.2 Å². The number of hydrogen-bond donors (Lipinski definition) is 2. The summed E-state index contributed by atoms with van der Waals surface area (Å²) in [5.41, 5.74) is 2.69. The molecule has 1 saturated heterocycles. The molecule has 1 aliphatic rings. The predicted molar refractivity (Wildman–Crippen MR) is 98.6 cm³/mol. The molecule has 4 nitrogen and oxygen atoms in total. The van der Waals surface area contributed by atoms with Crippen LogP contribution in [0.15, 0.2) is 29.3 Å². The van der Waals surface area contributed by atoms with E-state index in [1.165, 1.54) is 37.1 Å². The highest BCUT2D eigenvalue weighted by atomic mass is 15.2. The average molecular weight is 316 g/mol. The minimum atomic E-state index is 0.385. The predicted octanol–water partition coefficient (Wildman–Crippen LogP) is 2.99. The molecule has 1 atom stereocenters. The number of nitrogens with one attached hydrogen (secondary N) is 2. The lowest BCUT2D eigenvalue weighted by atomic mass is 9.99. The van der Waals surface area contributed by atoms with Gasteiger partial charge in [0.1, 0.15) is 0 Å². The standard InChI is InChI=1S/C19H32N4/c1-15(2)22-19(20-4)21-12-17-7-9-18(10-8-17)14-23-11-5-6-16(3)13-23/h7-10,15-16H,5-6,11-14H2,1-4H3,(H2,20,21,22). The highest BCUT2D eigenvalue weighted by molar-refractivity contribution is 5.79. The quantitative estimate of drug-likeness (QED) is 0.648. The topological polar surface area (TPSA) is 39.7 Å². The van der Waals surface area contributed by atoms with Gasteiger partial charge in [0.15, 0.2) is 5.96 Å². The molecule has 23 heavy (non-hydrogen) atoms. The van der Waals surface area contributed by atoms with Gasteiger partial charge in [0.2, 0.25) is 0 Å². The highest BCUT2D eigenvalue weighted by Crippen LogP contribution is 2.18. The molecule has 1 heterocycles. The molecular weight excluding hydrogens is 284 g/mol. The number of benzene rings is 1. The molecule has 0 aromatic heterocycles. The number of rotatable bonds is 5. The molecule has 1 aromatic carbocycles. The van der Waals surface area contributed by atoms with Crippen molar-refractivity contribution in [2.45, 2.75) is 52.7 Å². The SMILES string of the molecule is CN=C(NCc1ccc(CN2CCCC(C)C2)cc1)NC(C)C. The summed E-state index contributed by atoms with van der Waals surface area (Å²) >= 11 is 0. The molecule has 0 spiro atoms. The molecule has 0 radical (unpaired) electrons. The average Bonchev–Trinajstić information content (AvgIpc) is 2.52. The Bertz CT molecular complexity index is 493. The zero-order chi connectivity index (χ0) is 16.7. The summed E-state index contributed by atoms with van der Waals surface area (Å²) in [5.74, 6) is 1.69. The van der Waals surface area contributed by atoms with E-state index in [0.717, 1.165) is 25.0 Å². The van der Waals surface area contributed by atoms with E-state index >= 15 is 0 Å². The van der Waals surface area contributed by atoms with Gasteiger partial charge < -0.3 is 10.6 Å². The zero-order valence-corrected chi connectivity index (χ0v) is 15.1. The van der Waals surface area contributed by atoms with Crippen LogP contribution in [0.25, 0.3) is 0 Å². The summed E-state index contributed by atoms with van der Waals surface area (Å²) in [6, 6.07) is 9.34. The normalized spacial score (nSPS) is 19.9. The fraction of sp³-hybridized carbons (Fsp3) is 0.632. The fourth-order valence-electron chi connectivity index (χ4n) is 3.10. The van der Waals surface area contributed by atoms with E-state index in [-0.39, 0.29) is 0 Å². The van der Waals surface area contributed by atoms with E-state index in [1.54, 1.807) is 7.05 Å². The maximum atomic E-state index is 4.23. The zero-order valence-electron chi connectivity index (χ0n) is 15.1. The second-order valence-corrected chi connectivity index (χ2v) is 7.02. The number of guanidine groups is 1. The molecule has 1 fully saturated rings. The van der Waals surface area contributed by atoms with Gasteiger partial charge in [-0.05, 0) is 50.3 Å². The molecule has 2 N–H and O–H groups in total. The summed E-state index contributed by atoms with van der Waals surface area (Å²) in [5, 5.41) is 6.65. The van der Waals surface area contributed by atoms with Crippen molar-refractivity contribution < 1.29 is 0 Å². The first-order chi connectivity index (χ1) is 11.1. The number of nitrogens with zero attached hydrogens (tertiary/aromatic N) is 2. The molecule has 1 aliphatic heterocycles. The van der Waals surface area contributed by atoms with Crippen LogP contribution in [0.3, 0.4) is 0 Å². The number of hydrogen-bond acceptors (Lipinski definition) is 2. The van der Waals surface area contributed by atoms with Gasteiger partial charge in [0.25, 0.3) is 0 Å². The molecule has 1 aromatic rings. The second kappa shape index (κ2) is 8.92. The van der Waals surface area contributed by atoms with Crippen LogP contribution in [0.1, 0.15) is 44.7 Å². The summed E-state index contributed by atoms with van der Waals surface area (Å²) in [6.07, 6.45) is 2.72. The van der Waals surface area contributed by atoms with Crippen molar-refractivity contribution in [3.8, 4) is 0 Å². The maximum Gasteiger partial charge on any atom is 0.191 e. The van der Waals surface area contributed by atoms with Crippen molar-refractivity contribution >= 4 is 5.96 Å². The minimum Gasteiger partial charge on any atom is -0.354 e. The van der Waals surface area contributed by atoms with E-state index in [1.807, 2.05) is 0 Å².